The lowest BCUT2D eigenvalue weighted by atomic mass is 10.3. The Labute approximate surface area is 128 Å². The second-order valence-corrected chi connectivity index (χ2v) is 5.68. The topological polar surface area (TPSA) is 79.8 Å². The first-order valence-corrected chi connectivity index (χ1v) is 7.77. The molecule has 1 unspecified atom stereocenters. The number of aromatic nitrogens is 3. The average Bonchev–Trinajstić information content (AvgIpc) is 2.97. The fourth-order valence-corrected chi connectivity index (χ4v) is 2.62. The molecule has 0 saturated heterocycles. The molecular weight excluding hydrogens is 286 g/mol. The molecule has 1 amide bonds. The van der Waals surface area contributed by atoms with Gasteiger partial charge in [-0.2, -0.15) is 0 Å². The van der Waals surface area contributed by atoms with Gasteiger partial charge >= 0.3 is 0 Å². The second-order valence-electron chi connectivity index (χ2n) is 4.53. The SMILES string of the molecule is CCNc1cncc(C(=O)NC(C)c2ncc(CC)s2)n1. The third-order valence-electron chi connectivity index (χ3n) is 2.86. The Balaban J connectivity index is 2.04. The quantitative estimate of drug-likeness (QED) is 0.856. The maximum Gasteiger partial charge on any atom is 0.272 e. The Kier molecular flexibility index (Phi) is 5.21. The number of nitrogens with zero attached hydrogens (tertiary/aromatic N) is 3. The highest BCUT2D eigenvalue weighted by atomic mass is 32.1. The average molecular weight is 305 g/mol. The Morgan fingerprint density at radius 2 is 2.14 bits per heavy atom. The van der Waals surface area contributed by atoms with E-state index in [9.17, 15) is 4.79 Å². The van der Waals surface area contributed by atoms with Crippen LogP contribution in [0.15, 0.2) is 18.6 Å². The predicted molar refractivity (Wildman–Crippen MR) is 83.6 cm³/mol. The Morgan fingerprint density at radius 3 is 2.81 bits per heavy atom. The molecule has 0 aliphatic carbocycles. The first-order valence-electron chi connectivity index (χ1n) is 6.95. The molecule has 21 heavy (non-hydrogen) atoms. The van der Waals surface area contributed by atoms with Crippen molar-refractivity contribution >= 4 is 23.1 Å². The van der Waals surface area contributed by atoms with E-state index in [0.29, 0.717) is 11.5 Å². The van der Waals surface area contributed by atoms with Gasteiger partial charge in [-0.15, -0.1) is 11.3 Å². The van der Waals surface area contributed by atoms with E-state index in [0.717, 1.165) is 18.0 Å². The van der Waals surface area contributed by atoms with E-state index in [2.05, 4.69) is 32.5 Å². The second kappa shape index (κ2) is 7.12. The third kappa shape index (κ3) is 3.98. The van der Waals surface area contributed by atoms with Gasteiger partial charge in [0.05, 0.1) is 18.4 Å². The van der Waals surface area contributed by atoms with E-state index < -0.39 is 0 Å². The lowest BCUT2D eigenvalue weighted by Crippen LogP contribution is -2.27. The van der Waals surface area contributed by atoms with Gasteiger partial charge in [-0.1, -0.05) is 6.92 Å². The van der Waals surface area contributed by atoms with Crippen LogP contribution in [0.2, 0.25) is 0 Å². The standard InChI is InChI=1S/C14H19N5OS/c1-4-10-6-17-14(21-10)9(3)18-13(20)11-7-15-8-12(19-11)16-5-2/h6-9H,4-5H2,1-3H3,(H,16,19)(H,18,20). The molecule has 2 N–H and O–H groups in total. The number of aryl methyl sites for hydroxylation is 1. The summed E-state index contributed by atoms with van der Waals surface area (Å²) >= 11 is 1.62. The fourth-order valence-electron chi connectivity index (χ4n) is 1.76. The van der Waals surface area contributed by atoms with E-state index in [-0.39, 0.29) is 11.9 Å². The molecule has 2 aromatic heterocycles. The molecule has 2 heterocycles. The van der Waals surface area contributed by atoms with Crippen LogP contribution in [0.5, 0.6) is 0 Å². The maximum atomic E-state index is 12.2. The molecule has 112 valence electrons. The summed E-state index contributed by atoms with van der Waals surface area (Å²) in [5.41, 5.74) is 0.299. The first kappa shape index (κ1) is 15.4. The number of hydrogen-bond acceptors (Lipinski definition) is 6. The number of amides is 1. The highest BCUT2D eigenvalue weighted by Gasteiger charge is 2.16. The Morgan fingerprint density at radius 1 is 1.33 bits per heavy atom. The highest BCUT2D eigenvalue weighted by Crippen LogP contribution is 2.20. The van der Waals surface area contributed by atoms with Crippen LogP contribution in [0.25, 0.3) is 0 Å². The van der Waals surface area contributed by atoms with Gasteiger partial charge in [-0.05, 0) is 20.3 Å². The smallest absolute Gasteiger partial charge is 0.272 e. The zero-order chi connectivity index (χ0) is 15.2. The minimum Gasteiger partial charge on any atom is -0.369 e. The summed E-state index contributed by atoms with van der Waals surface area (Å²) in [7, 11) is 0. The van der Waals surface area contributed by atoms with Crippen LogP contribution in [-0.2, 0) is 6.42 Å². The van der Waals surface area contributed by atoms with Gasteiger partial charge in [-0.25, -0.2) is 9.97 Å². The number of carbonyl (C=O) groups excluding carboxylic acids is 1. The van der Waals surface area contributed by atoms with Gasteiger partial charge in [0.1, 0.15) is 16.5 Å². The van der Waals surface area contributed by atoms with Gasteiger partial charge in [0.25, 0.3) is 5.91 Å². The molecule has 2 rings (SSSR count). The van der Waals surface area contributed by atoms with Crippen molar-refractivity contribution in [2.24, 2.45) is 0 Å². The summed E-state index contributed by atoms with van der Waals surface area (Å²) in [6.45, 7) is 6.69. The molecule has 0 spiro atoms. The third-order valence-corrected chi connectivity index (χ3v) is 4.19. The summed E-state index contributed by atoms with van der Waals surface area (Å²) < 4.78 is 0. The molecule has 7 heteroatoms. The van der Waals surface area contributed by atoms with Crippen molar-refractivity contribution in [2.45, 2.75) is 33.2 Å². The summed E-state index contributed by atoms with van der Waals surface area (Å²) in [4.78, 5) is 26.0. The monoisotopic (exact) mass is 305 g/mol. The summed E-state index contributed by atoms with van der Waals surface area (Å²) in [5, 5.41) is 6.83. The largest absolute Gasteiger partial charge is 0.369 e. The highest BCUT2D eigenvalue weighted by molar-refractivity contribution is 7.11. The van der Waals surface area contributed by atoms with Gasteiger partial charge in [0.2, 0.25) is 0 Å². The van der Waals surface area contributed by atoms with Gasteiger partial charge in [0.15, 0.2) is 0 Å². The summed E-state index contributed by atoms with van der Waals surface area (Å²) in [5.74, 6) is 0.350. The van der Waals surface area contributed by atoms with E-state index in [1.807, 2.05) is 20.0 Å². The number of nitrogens with one attached hydrogen (secondary N) is 2. The number of anilines is 1. The van der Waals surface area contributed by atoms with Crippen LogP contribution in [0.3, 0.4) is 0 Å². The van der Waals surface area contributed by atoms with Crippen molar-refractivity contribution in [3.63, 3.8) is 0 Å². The van der Waals surface area contributed by atoms with Crippen LogP contribution >= 0.6 is 11.3 Å². The van der Waals surface area contributed by atoms with Crippen LogP contribution in [-0.4, -0.2) is 27.4 Å². The van der Waals surface area contributed by atoms with Crippen molar-refractivity contribution in [3.8, 4) is 0 Å². The molecule has 6 nitrogen and oxygen atoms in total. The van der Waals surface area contributed by atoms with E-state index in [4.69, 9.17) is 0 Å². The molecular formula is C14H19N5OS. The summed E-state index contributed by atoms with van der Waals surface area (Å²) in [6.07, 6.45) is 5.86. The van der Waals surface area contributed by atoms with Crippen molar-refractivity contribution in [3.05, 3.63) is 34.2 Å². The van der Waals surface area contributed by atoms with Crippen LogP contribution < -0.4 is 10.6 Å². The zero-order valence-corrected chi connectivity index (χ0v) is 13.2. The lowest BCUT2D eigenvalue weighted by Gasteiger charge is -2.11. The molecule has 0 fully saturated rings. The van der Waals surface area contributed by atoms with E-state index in [1.165, 1.54) is 11.1 Å². The zero-order valence-electron chi connectivity index (χ0n) is 12.4. The Hall–Kier alpha value is -2.02. The Bertz CT molecular complexity index is 613. The van der Waals surface area contributed by atoms with Crippen molar-refractivity contribution in [2.75, 3.05) is 11.9 Å². The minimum atomic E-state index is -0.247. The van der Waals surface area contributed by atoms with Gasteiger partial charge in [0, 0.05) is 17.6 Å². The maximum absolute atomic E-state index is 12.2. The number of thiazole rings is 1. The first-order chi connectivity index (χ1) is 10.1. The van der Waals surface area contributed by atoms with Crippen LogP contribution in [0.4, 0.5) is 5.82 Å². The molecule has 0 aromatic carbocycles. The number of hydrogen-bond donors (Lipinski definition) is 2. The molecule has 0 bridgehead atoms. The molecule has 0 radical (unpaired) electrons. The fraction of sp³-hybridized carbons (Fsp3) is 0.429. The van der Waals surface area contributed by atoms with Gasteiger partial charge < -0.3 is 10.6 Å². The minimum absolute atomic E-state index is 0.146. The van der Waals surface area contributed by atoms with E-state index >= 15 is 0 Å². The van der Waals surface area contributed by atoms with Crippen LogP contribution in [0, 0.1) is 0 Å². The van der Waals surface area contributed by atoms with Crippen molar-refractivity contribution < 1.29 is 4.79 Å². The molecule has 2 aromatic rings. The molecule has 0 saturated carbocycles. The van der Waals surface area contributed by atoms with Crippen molar-refractivity contribution in [1.29, 1.82) is 0 Å². The number of rotatable bonds is 6. The lowest BCUT2D eigenvalue weighted by molar-refractivity contribution is 0.0934. The molecule has 0 aliphatic rings. The van der Waals surface area contributed by atoms with Crippen LogP contribution in [0.1, 0.15) is 47.2 Å². The molecule has 0 aliphatic heterocycles. The molecule has 1 atom stereocenters. The van der Waals surface area contributed by atoms with Gasteiger partial charge in [-0.3, -0.25) is 9.78 Å². The van der Waals surface area contributed by atoms with Crippen molar-refractivity contribution in [1.82, 2.24) is 20.3 Å². The normalized spacial score (nSPS) is 12.0. The number of carbonyl (C=O) groups is 1. The predicted octanol–water partition coefficient (Wildman–Crippen LogP) is 2.42. The van der Waals surface area contributed by atoms with E-state index in [1.54, 1.807) is 17.5 Å². The summed E-state index contributed by atoms with van der Waals surface area (Å²) in [6, 6.07) is -0.146.